The Bertz CT molecular complexity index is 164. The third kappa shape index (κ3) is 10.4. The lowest BCUT2D eigenvalue weighted by atomic mass is 11.5. The van der Waals surface area contributed by atoms with Crippen molar-refractivity contribution in [1.82, 2.24) is 0 Å². The van der Waals surface area contributed by atoms with Gasteiger partial charge in [-0.1, -0.05) is 46.4 Å². The van der Waals surface area contributed by atoms with Gasteiger partial charge >= 0.3 is 0 Å². The Morgan fingerprint density at radius 1 is 0.733 bits per heavy atom. The Hall–Kier alpha value is 2.83. The van der Waals surface area contributed by atoms with Crippen molar-refractivity contribution in [3.8, 4) is 0 Å². The molecule has 0 aliphatic rings. The van der Waals surface area contributed by atoms with E-state index in [0.29, 0.717) is 0 Å². The van der Waals surface area contributed by atoms with Gasteiger partial charge < -0.3 is 9.47 Å². The zero-order chi connectivity index (χ0) is 11.9. The summed E-state index contributed by atoms with van der Waals surface area (Å²) < 4.78 is 7.05. The summed E-state index contributed by atoms with van der Waals surface area (Å²) in [5.41, 5.74) is 0. The minimum absolute atomic E-state index is 1.16. The molecule has 92 valence electrons. The maximum absolute atomic E-state index is 5.70. The second-order valence-corrected chi connectivity index (χ2v) is 12.9. The lowest BCUT2D eigenvalue weighted by Gasteiger charge is -2.16. The molecule has 0 bridgehead atoms. The highest BCUT2D eigenvalue weighted by Gasteiger charge is 2.27. The van der Waals surface area contributed by atoms with Crippen molar-refractivity contribution < 1.29 is 9.47 Å². The van der Waals surface area contributed by atoms with Crippen molar-refractivity contribution in [2.24, 2.45) is 0 Å². The van der Waals surface area contributed by atoms with Gasteiger partial charge in [0.05, 0.1) is 0 Å². The van der Waals surface area contributed by atoms with Crippen LogP contribution in [0, 0.1) is 0 Å². The van der Waals surface area contributed by atoms with Crippen molar-refractivity contribution >= 4 is 97.5 Å². The van der Waals surface area contributed by atoms with E-state index in [1.54, 1.807) is 0 Å². The summed E-state index contributed by atoms with van der Waals surface area (Å²) in [5, 5.41) is 0. The van der Waals surface area contributed by atoms with E-state index in [2.05, 4.69) is 0 Å². The molecule has 0 radical (unpaired) electrons. The van der Waals surface area contributed by atoms with E-state index in [-0.39, 0.29) is 0 Å². The first-order valence-corrected chi connectivity index (χ1v) is 10.7. The van der Waals surface area contributed by atoms with Crippen LogP contribution >= 0.6 is 97.5 Å². The van der Waals surface area contributed by atoms with E-state index in [4.69, 9.17) is 55.9 Å². The molecule has 0 saturated carbocycles. The van der Waals surface area contributed by atoms with E-state index in [9.17, 15) is 0 Å². The molecule has 0 aliphatic heterocycles. The van der Waals surface area contributed by atoms with Crippen LogP contribution in [0.25, 0.3) is 0 Å². The van der Waals surface area contributed by atoms with Gasteiger partial charge in [0, 0.05) is 14.2 Å². The third-order valence-electron chi connectivity index (χ3n) is 0.793. The molecule has 11 heteroatoms. The number of methoxy groups -OCH3 is 2. The van der Waals surface area contributed by atoms with Crippen molar-refractivity contribution in [3.63, 3.8) is 0 Å². The molecule has 0 unspecified atom stereocenters. The Balaban J connectivity index is 3.48. The normalized spacial score (nSPS) is 13.2. The van der Waals surface area contributed by atoms with Gasteiger partial charge in [0.15, 0.2) is 0 Å². The monoisotopic (exact) mass is 386 g/mol. The summed E-state index contributed by atoms with van der Waals surface area (Å²) in [7, 11) is 9.27. The summed E-state index contributed by atoms with van der Waals surface area (Å²) in [6, 6.07) is 0. The molecule has 0 atom stereocenters. The summed E-state index contributed by atoms with van der Waals surface area (Å²) in [6.07, 6.45) is 0. The molecule has 0 spiro atoms. The Morgan fingerprint density at radius 2 is 1.07 bits per heavy atom. The van der Waals surface area contributed by atoms with Crippen LogP contribution in [0.2, 0.25) is 0 Å². The van der Waals surface area contributed by atoms with Gasteiger partial charge in [-0.15, -0.1) is 0 Å². The fourth-order valence-corrected chi connectivity index (χ4v) is 10.5. The SMILES string of the molecule is COC(Cl)(Cl)SSSSSC(Cl)(Cl)OC. The van der Waals surface area contributed by atoms with Crippen LogP contribution in [-0.2, 0) is 9.47 Å². The van der Waals surface area contributed by atoms with Crippen LogP contribution in [-0.4, -0.2) is 21.9 Å². The molecule has 0 aromatic rings. The first-order valence-electron chi connectivity index (χ1n) is 3.06. The molecule has 0 aliphatic carbocycles. The third-order valence-corrected chi connectivity index (χ3v) is 11.8. The first-order chi connectivity index (χ1) is 6.83. The minimum atomic E-state index is -1.25. The number of alkyl halides is 4. The summed E-state index contributed by atoms with van der Waals surface area (Å²) in [5.74, 6) is 0. The first kappa shape index (κ1) is 17.8. The van der Waals surface area contributed by atoms with Crippen molar-refractivity contribution in [2.75, 3.05) is 14.2 Å². The number of ether oxygens (including phenoxy) is 2. The van der Waals surface area contributed by atoms with E-state index in [1.807, 2.05) is 0 Å². The predicted molar refractivity (Wildman–Crippen MR) is 80.8 cm³/mol. The number of rotatable bonds is 8. The molecular formula is C4H6Cl4O2S5. The van der Waals surface area contributed by atoms with Crippen LogP contribution in [0.15, 0.2) is 0 Å². The van der Waals surface area contributed by atoms with Crippen molar-refractivity contribution in [1.29, 1.82) is 0 Å². The zero-order valence-corrected chi connectivity index (χ0v) is 14.5. The lowest BCUT2D eigenvalue weighted by molar-refractivity contribution is 0.203. The number of hydrogen-bond donors (Lipinski definition) is 0. The van der Waals surface area contributed by atoms with Crippen molar-refractivity contribution in [2.45, 2.75) is 7.70 Å². The van der Waals surface area contributed by atoms with Gasteiger partial charge in [-0.25, -0.2) is 0 Å². The second-order valence-electron chi connectivity index (χ2n) is 1.71. The van der Waals surface area contributed by atoms with Gasteiger partial charge in [0.1, 0.15) is 0 Å². The van der Waals surface area contributed by atoms with Gasteiger partial charge in [-0.3, -0.25) is 0 Å². The average molecular weight is 388 g/mol. The van der Waals surface area contributed by atoms with E-state index < -0.39 is 7.70 Å². The summed E-state index contributed by atoms with van der Waals surface area (Å²) in [6.45, 7) is 0. The fourth-order valence-electron chi connectivity index (χ4n) is 0.186. The molecule has 0 aromatic carbocycles. The highest BCUT2D eigenvalue weighted by atomic mass is 35.5. The summed E-state index contributed by atoms with van der Waals surface area (Å²) >= 11 is 22.8. The average Bonchev–Trinajstić information content (AvgIpc) is 2.17. The largest absolute Gasteiger partial charge is 0.341 e. The smallest absolute Gasteiger partial charge is 0.277 e. The molecule has 15 heavy (non-hydrogen) atoms. The van der Waals surface area contributed by atoms with Crippen LogP contribution in [0.4, 0.5) is 0 Å². The van der Waals surface area contributed by atoms with E-state index >= 15 is 0 Å². The quantitative estimate of drug-likeness (QED) is 0.224. The molecule has 0 amide bonds. The molecule has 0 fully saturated rings. The number of halogens is 4. The van der Waals surface area contributed by atoms with Crippen LogP contribution < -0.4 is 0 Å². The van der Waals surface area contributed by atoms with E-state index in [1.165, 1.54) is 43.7 Å². The maximum atomic E-state index is 5.70. The highest BCUT2D eigenvalue weighted by molar-refractivity contribution is 9.36. The standard InChI is InChI=1S/C4H6Cl4O2S5/c1-9-3(5,6)11-13-15-14-12-4(7,8)10-2/h1-2H3. The molecule has 0 heterocycles. The Kier molecular flexibility index (Phi) is 10.5. The maximum Gasteiger partial charge on any atom is 0.277 e. The topological polar surface area (TPSA) is 18.5 Å². The van der Waals surface area contributed by atoms with Crippen LogP contribution in [0.1, 0.15) is 0 Å². The molecule has 0 rings (SSSR count). The van der Waals surface area contributed by atoms with Gasteiger partial charge in [-0.05, 0) is 51.1 Å². The van der Waals surface area contributed by atoms with Crippen molar-refractivity contribution in [3.05, 3.63) is 0 Å². The molecule has 0 saturated heterocycles. The summed E-state index contributed by atoms with van der Waals surface area (Å²) in [4.78, 5) is 0. The molecular weight excluding hydrogens is 382 g/mol. The second kappa shape index (κ2) is 8.85. The molecule has 0 aromatic heterocycles. The van der Waals surface area contributed by atoms with Gasteiger partial charge in [0.25, 0.3) is 7.70 Å². The van der Waals surface area contributed by atoms with E-state index in [0.717, 1.165) is 21.6 Å². The van der Waals surface area contributed by atoms with Crippen LogP contribution in [0.5, 0.6) is 0 Å². The lowest BCUT2D eigenvalue weighted by Crippen LogP contribution is -2.07. The van der Waals surface area contributed by atoms with Crippen LogP contribution in [0.3, 0.4) is 0 Å². The van der Waals surface area contributed by atoms with Gasteiger partial charge in [0.2, 0.25) is 0 Å². The minimum Gasteiger partial charge on any atom is -0.341 e. The number of hydrogen-bond acceptors (Lipinski definition) is 7. The Morgan fingerprint density at radius 3 is 1.33 bits per heavy atom. The van der Waals surface area contributed by atoms with Gasteiger partial charge in [-0.2, -0.15) is 0 Å². The zero-order valence-electron chi connectivity index (χ0n) is 7.37. The fraction of sp³-hybridized carbons (Fsp3) is 1.00. The highest BCUT2D eigenvalue weighted by Crippen LogP contribution is 2.58. The Labute approximate surface area is 127 Å². The predicted octanol–water partition coefficient (Wildman–Crippen LogP) is 5.78. The molecule has 0 N–H and O–H groups in total. The molecule has 2 nitrogen and oxygen atoms in total.